The average molecular weight is 422 g/mol. The van der Waals surface area contributed by atoms with Crippen LogP contribution in [0.4, 0.5) is 4.39 Å². The van der Waals surface area contributed by atoms with E-state index in [1.54, 1.807) is 17.0 Å². The molecule has 144 valence electrons. The van der Waals surface area contributed by atoms with Gasteiger partial charge < -0.3 is 14.5 Å². The highest BCUT2D eigenvalue weighted by atomic mass is 35.5. The minimum atomic E-state index is -0.669. The van der Waals surface area contributed by atoms with Gasteiger partial charge in [0.1, 0.15) is 17.6 Å². The molecule has 28 heavy (non-hydrogen) atoms. The first-order valence-electron chi connectivity index (χ1n) is 8.52. The number of aromatic nitrogens is 2. The van der Waals surface area contributed by atoms with Crippen molar-refractivity contribution in [2.75, 3.05) is 6.54 Å². The van der Waals surface area contributed by atoms with E-state index in [-0.39, 0.29) is 28.9 Å². The van der Waals surface area contributed by atoms with E-state index in [0.29, 0.717) is 28.6 Å². The Bertz CT molecular complexity index is 1060. The monoisotopic (exact) mass is 421 g/mol. The third kappa shape index (κ3) is 3.43. The van der Waals surface area contributed by atoms with Gasteiger partial charge in [0.2, 0.25) is 11.7 Å². The highest BCUT2D eigenvalue weighted by Crippen LogP contribution is 2.35. The van der Waals surface area contributed by atoms with Gasteiger partial charge in [-0.1, -0.05) is 28.4 Å². The second-order valence-electron chi connectivity index (χ2n) is 6.40. The topological polar surface area (TPSA) is 79.5 Å². The number of phenolic OH excluding ortho intramolecular Hbond substituents is 1. The molecule has 1 unspecified atom stereocenters. The van der Waals surface area contributed by atoms with Gasteiger partial charge in [0.15, 0.2) is 0 Å². The maximum Gasteiger partial charge on any atom is 0.256 e. The molecule has 0 spiro atoms. The van der Waals surface area contributed by atoms with E-state index in [1.807, 2.05) is 0 Å². The molecule has 6 nitrogen and oxygen atoms in total. The lowest BCUT2D eigenvalue weighted by molar-refractivity contribution is 0.0710. The lowest BCUT2D eigenvalue weighted by atomic mass is 10.1. The van der Waals surface area contributed by atoms with E-state index in [9.17, 15) is 14.3 Å². The van der Waals surface area contributed by atoms with Crippen LogP contribution in [0.5, 0.6) is 5.75 Å². The molecule has 0 saturated carbocycles. The number of carbonyl (C=O) groups excluding carboxylic acids is 1. The van der Waals surface area contributed by atoms with Gasteiger partial charge in [0.25, 0.3) is 5.91 Å². The Kier molecular flexibility index (Phi) is 4.95. The standard InChI is InChI=1S/C19H14Cl2FN3O3/c20-10-3-6-14(21)13(8-10)19(27)25-7-1-2-16(25)18-23-17(24-28-18)12-5-4-11(26)9-15(12)22/h3-6,8-9,16,26H,1-2,7H2. The molecule has 1 amide bonds. The highest BCUT2D eigenvalue weighted by molar-refractivity contribution is 6.35. The fourth-order valence-corrected chi connectivity index (χ4v) is 3.62. The molecule has 1 fully saturated rings. The number of likely N-dealkylation sites (tertiary alicyclic amines) is 1. The van der Waals surface area contributed by atoms with Gasteiger partial charge in [-0.3, -0.25) is 4.79 Å². The molecule has 2 aromatic carbocycles. The maximum atomic E-state index is 14.1. The quantitative estimate of drug-likeness (QED) is 0.652. The van der Waals surface area contributed by atoms with Crippen LogP contribution < -0.4 is 0 Å². The van der Waals surface area contributed by atoms with Crippen molar-refractivity contribution < 1.29 is 18.8 Å². The predicted octanol–water partition coefficient (Wildman–Crippen LogP) is 4.87. The first-order chi connectivity index (χ1) is 13.4. The summed E-state index contributed by atoms with van der Waals surface area (Å²) >= 11 is 12.2. The van der Waals surface area contributed by atoms with Crippen LogP contribution in [0.25, 0.3) is 11.4 Å². The molecule has 1 aliphatic rings. The summed E-state index contributed by atoms with van der Waals surface area (Å²) in [4.78, 5) is 18.8. The minimum absolute atomic E-state index is 0.0487. The molecule has 0 radical (unpaired) electrons. The van der Waals surface area contributed by atoms with Crippen molar-refractivity contribution in [3.8, 4) is 17.1 Å². The normalized spacial score (nSPS) is 16.5. The fraction of sp³-hybridized carbons (Fsp3) is 0.211. The summed E-state index contributed by atoms with van der Waals surface area (Å²) in [5.41, 5.74) is 0.395. The molecular weight excluding hydrogens is 408 g/mol. The summed E-state index contributed by atoms with van der Waals surface area (Å²) in [7, 11) is 0. The number of phenols is 1. The number of nitrogens with zero attached hydrogens (tertiary/aromatic N) is 3. The van der Waals surface area contributed by atoms with Crippen LogP contribution in [0.3, 0.4) is 0 Å². The second-order valence-corrected chi connectivity index (χ2v) is 7.24. The maximum absolute atomic E-state index is 14.1. The van der Waals surface area contributed by atoms with Crippen molar-refractivity contribution >= 4 is 29.1 Å². The molecule has 3 aromatic rings. The SMILES string of the molecule is O=C(c1cc(Cl)ccc1Cl)N1CCCC1c1nc(-c2ccc(O)cc2F)no1. The molecule has 2 heterocycles. The Labute approximate surface area is 169 Å². The fourth-order valence-electron chi connectivity index (χ4n) is 3.25. The van der Waals surface area contributed by atoms with Gasteiger partial charge in [0.05, 0.1) is 16.1 Å². The van der Waals surface area contributed by atoms with Crippen LogP contribution in [0.15, 0.2) is 40.9 Å². The zero-order valence-corrected chi connectivity index (χ0v) is 15.9. The van der Waals surface area contributed by atoms with Crippen molar-refractivity contribution in [1.29, 1.82) is 0 Å². The van der Waals surface area contributed by atoms with Gasteiger partial charge in [-0.2, -0.15) is 4.98 Å². The number of amides is 1. The van der Waals surface area contributed by atoms with Crippen LogP contribution in [0.1, 0.15) is 35.1 Å². The lowest BCUT2D eigenvalue weighted by Crippen LogP contribution is -2.31. The third-order valence-electron chi connectivity index (χ3n) is 4.59. The number of benzene rings is 2. The number of hydrogen-bond acceptors (Lipinski definition) is 5. The van der Waals surface area contributed by atoms with Crippen LogP contribution >= 0.6 is 23.2 Å². The lowest BCUT2D eigenvalue weighted by Gasteiger charge is -2.22. The number of carbonyl (C=O) groups is 1. The first-order valence-corrected chi connectivity index (χ1v) is 9.28. The van der Waals surface area contributed by atoms with Gasteiger partial charge >= 0.3 is 0 Å². The number of hydrogen-bond donors (Lipinski definition) is 1. The number of rotatable bonds is 3. The molecular formula is C19H14Cl2FN3O3. The van der Waals surface area contributed by atoms with Gasteiger partial charge in [0, 0.05) is 17.6 Å². The van der Waals surface area contributed by atoms with Crippen molar-refractivity contribution in [1.82, 2.24) is 15.0 Å². The number of halogens is 3. The van der Waals surface area contributed by atoms with Gasteiger partial charge in [-0.25, -0.2) is 4.39 Å². The molecule has 1 saturated heterocycles. The second kappa shape index (κ2) is 7.41. The van der Waals surface area contributed by atoms with Crippen LogP contribution in [0, 0.1) is 5.82 Å². The van der Waals surface area contributed by atoms with Gasteiger partial charge in [-0.15, -0.1) is 0 Å². The summed E-state index contributed by atoms with van der Waals surface area (Å²) in [5, 5.41) is 13.9. The Hall–Kier alpha value is -2.64. The van der Waals surface area contributed by atoms with Crippen molar-refractivity contribution in [3.05, 3.63) is 63.7 Å². The highest BCUT2D eigenvalue weighted by Gasteiger charge is 2.35. The molecule has 1 aromatic heterocycles. The molecule has 4 rings (SSSR count). The molecule has 0 aliphatic carbocycles. The molecule has 9 heteroatoms. The Morgan fingerprint density at radius 3 is 2.86 bits per heavy atom. The molecule has 1 aliphatic heterocycles. The average Bonchev–Trinajstić information content (AvgIpc) is 3.32. The predicted molar refractivity (Wildman–Crippen MR) is 101 cm³/mol. The van der Waals surface area contributed by atoms with Crippen molar-refractivity contribution in [2.24, 2.45) is 0 Å². The molecule has 1 N–H and O–H groups in total. The zero-order valence-electron chi connectivity index (χ0n) is 14.4. The van der Waals surface area contributed by atoms with Crippen molar-refractivity contribution in [2.45, 2.75) is 18.9 Å². The Morgan fingerprint density at radius 2 is 2.07 bits per heavy atom. The van der Waals surface area contributed by atoms with E-state index in [2.05, 4.69) is 10.1 Å². The third-order valence-corrected chi connectivity index (χ3v) is 5.16. The van der Waals surface area contributed by atoms with Crippen molar-refractivity contribution in [3.63, 3.8) is 0 Å². The van der Waals surface area contributed by atoms with E-state index >= 15 is 0 Å². The number of aromatic hydroxyl groups is 1. The summed E-state index contributed by atoms with van der Waals surface area (Å²) in [6.07, 6.45) is 1.38. The molecule has 0 bridgehead atoms. The molecule has 1 atom stereocenters. The van der Waals surface area contributed by atoms with E-state index in [4.69, 9.17) is 27.7 Å². The summed E-state index contributed by atoms with van der Waals surface area (Å²) in [6, 6.07) is 7.93. The van der Waals surface area contributed by atoms with E-state index in [0.717, 1.165) is 12.5 Å². The van der Waals surface area contributed by atoms with Crippen LogP contribution in [-0.2, 0) is 0 Å². The van der Waals surface area contributed by atoms with Crippen LogP contribution in [0.2, 0.25) is 10.0 Å². The zero-order chi connectivity index (χ0) is 19.8. The largest absolute Gasteiger partial charge is 0.508 e. The Balaban J connectivity index is 1.63. The minimum Gasteiger partial charge on any atom is -0.508 e. The summed E-state index contributed by atoms with van der Waals surface area (Å²) < 4.78 is 19.4. The Morgan fingerprint density at radius 1 is 1.25 bits per heavy atom. The summed E-state index contributed by atoms with van der Waals surface area (Å²) in [6.45, 7) is 0.498. The van der Waals surface area contributed by atoms with Gasteiger partial charge in [-0.05, 0) is 43.2 Å². The van der Waals surface area contributed by atoms with E-state index < -0.39 is 11.9 Å². The smallest absolute Gasteiger partial charge is 0.256 e. The first kappa shape index (κ1) is 18.7. The summed E-state index contributed by atoms with van der Waals surface area (Å²) in [5.74, 6) is -0.891. The van der Waals surface area contributed by atoms with E-state index in [1.165, 1.54) is 18.2 Å². The van der Waals surface area contributed by atoms with Crippen LogP contribution in [-0.4, -0.2) is 32.6 Å².